The van der Waals surface area contributed by atoms with Gasteiger partial charge in [0.1, 0.15) is 11.5 Å². The Bertz CT molecular complexity index is 752. The first-order valence-electron chi connectivity index (χ1n) is 8.45. The van der Waals surface area contributed by atoms with Crippen molar-refractivity contribution in [3.63, 3.8) is 0 Å². The van der Waals surface area contributed by atoms with Gasteiger partial charge in [0, 0.05) is 37.8 Å². The molecule has 1 saturated heterocycles. The average Bonchev–Trinajstić information content (AvgIpc) is 2.67. The van der Waals surface area contributed by atoms with E-state index in [4.69, 9.17) is 9.47 Å². The highest BCUT2D eigenvalue weighted by atomic mass is 16.5. The van der Waals surface area contributed by atoms with Crippen LogP contribution in [0.4, 0.5) is 5.69 Å². The molecule has 2 aromatic rings. The maximum absolute atomic E-state index is 12.7. The molecule has 5 nitrogen and oxygen atoms in total. The third-order valence-corrected chi connectivity index (χ3v) is 4.56. The van der Waals surface area contributed by atoms with Crippen molar-refractivity contribution in [1.82, 2.24) is 4.90 Å². The smallest absolute Gasteiger partial charge is 0.253 e. The number of rotatable bonds is 4. The summed E-state index contributed by atoms with van der Waals surface area (Å²) in [5.41, 5.74) is 2.86. The van der Waals surface area contributed by atoms with E-state index in [-0.39, 0.29) is 5.91 Å². The summed E-state index contributed by atoms with van der Waals surface area (Å²) in [7, 11) is 3.33. The molecular formula is C20H24N2O3. The van der Waals surface area contributed by atoms with Crippen molar-refractivity contribution in [1.29, 1.82) is 0 Å². The first-order valence-corrected chi connectivity index (χ1v) is 8.45. The quantitative estimate of drug-likeness (QED) is 0.858. The number of methoxy groups -OCH3 is 2. The Balaban J connectivity index is 1.71. The number of amides is 1. The van der Waals surface area contributed by atoms with Crippen LogP contribution in [0.3, 0.4) is 0 Å². The van der Waals surface area contributed by atoms with Crippen LogP contribution in [-0.4, -0.2) is 51.2 Å². The fourth-order valence-corrected chi connectivity index (χ4v) is 3.16. The zero-order valence-electron chi connectivity index (χ0n) is 15.0. The van der Waals surface area contributed by atoms with Crippen LogP contribution >= 0.6 is 0 Å². The molecule has 1 amide bonds. The zero-order valence-corrected chi connectivity index (χ0v) is 15.0. The SMILES string of the molecule is COc1ccc(OC)c(N2CCN(C(=O)c3cccc(C)c3)CC2)c1. The van der Waals surface area contributed by atoms with E-state index >= 15 is 0 Å². The minimum atomic E-state index is 0.0981. The Labute approximate surface area is 148 Å². The van der Waals surface area contributed by atoms with Gasteiger partial charge in [-0.05, 0) is 31.2 Å². The molecular weight excluding hydrogens is 316 g/mol. The highest BCUT2D eigenvalue weighted by Crippen LogP contribution is 2.33. The number of benzene rings is 2. The maximum atomic E-state index is 12.7. The van der Waals surface area contributed by atoms with Gasteiger partial charge in [-0.2, -0.15) is 0 Å². The summed E-state index contributed by atoms with van der Waals surface area (Å²) in [4.78, 5) is 16.8. The van der Waals surface area contributed by atoms with Crippen LogP contribution in [0.1, 0.15) is 15.9 Å². The number of nitrogens with zero attached hydrogens (tertiary/aromatic N) is 2. The van der Waals surface area contributed by atoms with Crippen LogP contribution in [0.25, 0.3) is 0 Å². The van der Waals surface area contributed by atoms with E-state index in [1.54, 1.807) is 14.2 Å². The number of carbonyl (C=O) groups is 1. The van der Waals surface area contributed by atoms with E-state index in [0.717, 1.165) is 41.4 Å². The van der Waals surface area contributed by atoms with Crippen molar-refractivity contribution < 1.29 is 14.3 Å². The van der Waals surface area contributed by atoms with E-state index in [1.807, 2.05) is 54.3 Å². The predicted octanol–water partition coefficient (Wildman–Crippen LogP) is 2.97. The lowest BCUT2D eigenvalue weighted by atomic mass is 10.1. The van der Waals surface area contributed by atoms with Crippen molar-refractivity contribution in [3.8, 4) is 11.5 Å². The minimum Gasteiger partial charge on any atom is -0.497 e. The van der Waals surface area contributed by atoms with Gasteiger partial charge in [0.25, 0.3) is 5.91 Å². The normalized spacial score (nSPS) is 14.4. The molecule has 2 aromatic carbocycles. The molecule has 0 bridgehead atoms. The van der Waals surface area contributed by atoms with Gasteiger partial charge in [0.05, 0.1) is 19.9 Å². The molecule has 25 heavy (non-hydrogen) atoms. The lowest BCUT2D eigenvalue weighted by molar-refractivity contribution is 0.0746. The summed E-state index contributed by atoms with van der Waals surface area (Å²) in [6.45, 7) is 4.91. The van der Waals surface area contributed by atoms with Crippen LogP contribution in [0.15, 0.2) is 42.5 Å². The van der Waals surface area contributed by atoms with E-state index in [0.29, 0.717) is 13.1 Å². The number of aryl methyl sites for hydroxylation is 1. The molecule has 132 valence electrons. The molecule has 1 fully saturated rings. The van der Waals surface area contributed by atoms with Gasteiger partial charge >= 0.3 is 0 Å². The molecule has 3 rings (SSSR count). The van der Waals surface area contributed by atoms with Crippen molar-refractivity contribution in [2.24, 2.45) is 0 Å². The number of anilines is 1. The van der Waals surface area contributed by atoms with Gasteiger partial charge in [0.15, 0.2) is 0 Å². The maximum Gasteiger partial charge on any atom is 0.253 e. The predicted molar refractivity (Wildman–Crippen MR) is 98.8 cm³/mol. The molecule has 1 aliphatic heterocycles. The summed E-state index contributed by atoms with van der Waals surface area (Å²) in [6, 6.07) is 13.5. The molecule has 1 heterocycles. The fourth-order valence-electron chi connectivity index (χ4n) is 3.16. The van der Waals surface area contributed by atoms with Crippen molar-refractivity contribution in [3.05, 3.63) is 53.6 Å². The number of ether oxygens (including phenoxy) is 2. The van der Waals surface area contributed by atoms with Gasteiger partial charge in [-0.3, -0.25) is 4.79 Å². The highest BCUT2D eigenvalue weighted by Gasteiger charge is 2.24. The Hall–Kier alpha value is -2.69. The third-order valence-electron chi connectivity index (χ3n) is 4.56. The number of carbonyl (C=O) groups excluding carboxylic acids is 1. The fraction of sp³-hybridized carbons (Fsp3) is 0.350. The first-order chi connectivity index (χ1) is 12.1. The lowest BCUT2D eigenvalue weighted by Gasteiger charge is -2.36. The second-order valence-corrected chi connectivity index (χ2v) is 6.19. The first kappa shape index (κ1) is 17.1. The van der Waals surface area contributed by atoms with Crippen LogP contribution in [-0.2, 0) is 0 Å². The summed E-state index contributed by atoms with van der Waals surface area (Å²) >= 11 is 0. The molecule has 0 aliphatic carbocycles. The molecule has 0 unspecified atom stereocenters. The zero-order chi connectivity index (χ0) is 17.8. The minimum absolute atomic E-state index is 0.0981. The van der Waals surface area contributed by atoms with Crippen molar-refractivity contribution in [2.45, 2.75) is 6.92 Å². The summed E-state index contributed by atoms with van der Waals surface area (Å²) in [6.07, 6.45) is 0. The molecule has 1 aliphatic rings. The van der Waals surface area contributed by atoms with Crippen LogP contribution < -0.4 is 14.4 Å². The molecule has 0 radical (unpaired) electrons. The standard InChI is InChI=1S/C20H24N2O3/c1-15-5-4-6-16(13-15)20(23)22-11-9-21(10-12-22)18-14-17(24-2)7-8-19(18)25-3/h4-8,13-14H,9-12H2,1-3H3. The number of piperazine rings is 1. The van der Waals surface area contributed by atoms with Crippen molar-refractivity contribution >= 4 is 11.6 Å². The molecule has 0 saturated carbocycles. The van der Waals surface area contributed by atoms with Gasteiger partial charge < -0.3 is 19.3 Å². The second kappa shape index (κ2) is 7.47. The van der Waals surface area contributed by atoms with Gasteiger partial charge in [-0.1, -0.05) is 17.7 Å². The Morgan fingerprint density at radius 3 is 2.36 bits per heavy atom. The summed E-state index contributed by atoms with van der Waals surface area (Å²) in [5.74, 6) is 1.72. The lowest BCUT2D eigenvalue weighted by Crippen LogP contribution is -2.48. The highest BCUT2D eigenvalue weighted by molar-refractivity contribution is 5.94. The Morgan fingerprint density at radius 2 is 1.72 bits per heavy atom. The van der Waals surface area contributed by atoms with E-state index in [1.165, 1.54) is 0 Å². The third kappa shape index (κ3) is 3.71. The second-order valence-electron chi connectivity index (χ2n) is 6.19. The monoisotopic (exact) mass is 340 g/mol. The van der Waals surface area contributed by atoms with E-state index in [2.05, 4.69) is 4.90 Å². The van der Waals surface area contributed by atoms with Gasteiger partial charge in [-0.25, -0.2) is 0 Å². The number of hydrogen-bond donors (Lipinski definition) is 0. The Kier molecular flexibility index (Phi) is 5.12. The van der Waals surface area contributed by atoms with Crippen LogP contribution in [0.5, 0.6) is 11.5 Å². The van der Waals surface area contributed by atoms with Crippen LogP contribution in [0, 0.1) is 6.92 Å². The molecule has 0 N–H and O–H groups in total. The largest absolute Gasteiger partial charge is 0.497 e. The van der Waals surface area contributed by atoms with Crippen LogP contribution in [0.2, 0.25) is 0 Å². The van der Waals surface area contributed by atoms with Gasteiger partial charge in [0.2, 0.25) is 0 Å². The molecule has 5 heteroatoms. The van der Waals surface area contributed by atoms with Gasteiger partial charge in [-0.15, -0.1) is 0 Å². The summed E-state index contributed by atoms with van der Waals surface area (Å²) in [5, 5.41) is 0. The average molecular weight is 340 g/mol. The molecule has 0 spiro atoms. The number of hydrogen-bond acceptors (Lipinski definition) is 4. The van der Waals surface area contributed by atoms with E-state index < -0.39 is 0 Å². The van der Waals surface area contributed by atoms with Crippen molar-refractivity contribution in [2.75, 3.05) is 45.3 Å². The summed E-state index contributed by atoms with van der Waals surface area (Å²) < 4.78 is 10.8. The topological polar surface area (TPSA) is 42.0 Å². The Morgan fingerprint density at radius 1 is 0.960 bits per heavy atom. The molecule has 0 atom stereocenters. The molecule has 0 aromatic heterocycles. The van der Waals surface area contributed by atoms with E-state index in [9.17, 15) is 4.79 Å².